The SMILES string of the molecule is [CH3][Rh]1[O][O][Rh]([CH3])[O]1. The van der Waals surface area contributed by atoms with Crippen LogP contribution in [0.2, 0.25) is 11.0 Å². The summed E-state index contributed by atoms with van der Waals surface area (Å²) in [4.78, 5) is 0. The second-order valence-electron chi connectivity index (χ2n) is 0.812. The molecular formula is C2H6O3Rh2. The van der Waals surface area contributed by atoms with Crippen LogP contribution in [0.1, 0.15) is 0 Å². The van der Waals surface area contributed by atoms with Crippen molar-refractivity contribution in [3.63, 3.8) is 0 Å². The van der Waals surface area contributed by atoms with Gasteiger partial charge in [-0.3, -0.25) is 0 Å². The van der Waals surface area contributed by atoms with Crippen LogP contribution in [0.15, 0.2) is 0 Å². The zero-order valence-electron chi connectivity index (χ0n) is 3.89. The summed E-state index contributed by atoms with van der Waals surface area (Å²) in [5, 5.41) is 0. The van der Waals surface area contributed by atoms with Crippen LogP contribution in [0, 0.1) is 0 Å². The molecule has 7 heavy (non-hydrogen) atoms. The quantitative estimate of drug-likeness (QED) is 0.490. The van der Waals surface area contributed by atoms with Gasteiger partial charge in [0.2, 0.25) is 0 Å². The summed E-state index contributed by atoms with van der Waals surface area (Å²) in [6.45, 7) is 0. The normalized spacial score (nSPS) is 31.7. The fraction of sp³-hybridized carbons (Fsp3) is 1.00. The van der Waals surface area contributed by atoms with Gasteiger partial charge in [-0.1, -0.05) is 0 Å². The summed E-state index contributed by atoms with van der Waals surface area (Å²) >= 11 is -2.40. The van der Waals surface area contributed by atoms with E-state index in [9.17, 15) is 0 Å². The van der Waals surface area contributed by atoms with Crippen molar-refractivity contribution in [2.45, 2.75) is 11.0 Å². The van der Waals surface area contributed by atoms with E-state index in [1.807, 2.05) is 11.0 Å². The Labute approximate surface area is 54.3 Å². The molecule has 0 radical (unpaired) electrons. The van der Waals surface area contributed by atoms with E-state index in [1.165, 1.54) is 0 Å². The Hall–Kier alpha value is 1.13. The molecule has 1 saturated heterocycles. The fourth-order valence-electron chi connectivity index (χ4n) is 0.157. The average molecular weight is 284 g/mol. The predicted molar refractivity (Wildman–Crippen MR) is 15.0 cm³/mol. The Morgan fingerprint density at radius 1 is 1.00 bits per heavy atom. The molecule has 0 aromatic rings. The van der Waals surface area contributed by atoms with E-state index in [0.717, 1.165) is 0 Å². The van der Waals surface area contributed by atoms with Gasteiger partial charge < -0.3 is 0 Å². The Bertz CT molecular complexity index is 60.0. The van der Waals surface area contributed by atoms with Gasteiger partial charge in [-0.05, 0) is 0 Å². The summed E-state index contributed by atoms with van der Waals surface area (Å²) in [5.41, 5.74) is 3.89. The first-order valence-electron chi connectivity index (χ1n) is 1.38. The topological polar surface area (TPSA) is 27.7 Å². The van der Waals surface area contributed by atoms with Gasteiger partial charge in [0.1, 0.15) is 0 Å². The molecule has 1 aliphatic rings. The molecular weight excluding hydrogens is 278 g/mol. The molecule has 1 heterocycles. The summed E-state index contributed by atoms with van der Waals surface area (Å²) in [6.07, 6.45) is 0. The molecule has 0 N–H and O–H groups in total. The molecule has 0 atom stereocenters. The zero-order valence-corrected chi connectivity index (χ0v) is 7.17. The van der Waals surface area contributed by atoms with Gasteiger partial charge in [-0.2, -0.15) is 0 Å². The predicted octanol–water partition coefficient (Wildman–Crippen LogP) is 0.957. The van der Waals surface area contributed by atoms with Crippen LogP contribution >= 0.6 is 0 Å². The van der Waals surface area contributed by atoms with Gasteiger partial charge in [0, 0.05) is 0 Å². The van der Waals surface area contributed by atoms with Crippen LogP contribution in [0.4, 0.5) is 0 Å². The van der Waals surface area contributed by atoms with E-state index < -0.39 is 33.3 Å². The Balaban J connectivity index is 2.26. The van der Waals surface area contributed by atoms with E-state index >= 15 is 0 Å². The summed E-state index contributed by atoms with van der Waals surface area (Å²) in [6, 6.07) is 0. The molecule has 50 valence electrons. The molecule has 1 aliphatic heterocycles. The molecule has 0 unspecified atom stereocenters. The Morgan fingerprint density at radius 2 is 1.43 bits per heavy atom. The van der Waals surface area contributed by atoms with Gasteiger partial charge in [0.25, 0.3) is 0 Å². The Morgan fingerprint density at radius 3 is 1.57 bits per heavy atom. The first kappa shape index (κ1) is 6.25. The van der Waals surface area contributed by atoms with Crippen LogP contribution in [-0.2, 0) is 43.2 Å². The standard InChI is InChI=1S/2CH3.O2.O.2Rh/c;;1-2;;;/h2*1H3;;;;/q;;-2;;2*+1. The van der Waals surface area contributed by atoms with Crippen LogP contribution in [0.3, 0.4) is 0 Å². The Kier molecular flexibility index (Phi) is 2.33. The first-order valence-corrected chi connectivity index (χ1v) is 7.33. The minimum atomic E-state index is -1.20. The van der Waals surface area contributed by atoms with Crippen molar-refractivity contribution >= 4 is 0 Å². The van der Waals surface area contributed by atoms with Crippen molar-refractivity contribution in [3.05, 3.63) is 0 Å². The zero-order chi connectivity index (χ0) is 5.28. The third kappa shape index (κ3) is 1.83. The third-order valence-electron chi connectivity index (χ3n) is 0.303. The van der Waals surface area contributed by atoms with Gasteiger partial charge in [0.05, 0.1) is 0 Å². The van der Waals surface area contributed by atoms with Crippen molar-refractivity contribution in [1.29, 1.82) is 0 Å². The van der Waals surface area contributed by atoms with Gasteiger partial charge in [-0.15, -0.1) is 0 Å². The molecule has 1 rings (SSSR count). The van der Waals surface area contributed by atoms with Crippen molar-refractivity contribution < 1.29 is 43.2 Å². The van der Waals surface area contributed by atoms with Gasteiger partial charge in [0.15, 0.2) is 0 Å². The number of rotatable bonds is 0. The average Bonchev–Trinajstić information content (AvgIpc) is 1.87. The second-order valence-corrected chi connectivity index (χ2v) is 6.12. The van der Waals surface area contributed by atoms with Crippen molar-refractivity contribution in [3.8, 4) is 0 Å². The van der Waals surface area contributed by atoms with Crippen LogP contribution in [-0.4, -0.2) is 0 Å². The van der Waals surface area contributed by atoms with Gasteiger partial charge >= 0.3 is 54.2 Å². The maximum absolute atomic E-state index is 5.18. The van der Waals surface area contributed by atoms with E-state index in [4.69, 9.17) is 9.82 Å². The van der Waals surface area contributed by atoms with Crippen molar-refractivity contribution in [2.75, 3.05) is 0 Å². The van der Waals surface area contributed by atoms with Crippen LogP contribution < -0.4 is 0 Å². The molecule has 0 amide bonds. The molecule has 5 heteroatoms. The molecule has 0 spiro atoms. The van der Waals surface area contributed by atoms with E-state index in [1.54, 1.807) is 0 Å². The van der Waals surface area contributed by atoms with Crippen LogP contribution in [0.25, 0.3) is 0 Å². The van der Waals surface area contributed by atoms with E-state index in [-0.39, 0.29) is 0 Å². The fourth-order valence-corrected chi connectivity index (χ4v) is 5.50. The molecule has 0 saturated carbocycles. The summed E-state index contributed by atoms with van der Waals surface area (Å²) in [5.74, 6) is 0. The second kappa shape index (κ2) is 2.61. The summed E-state index contributed by atoms with van der Waals surface area (Å²) in [7, 11) is 0. The number of hydrogen-bond donors (Lipinski definition) is 0. The maximum atomic E-state index is 5.18. The van der Waals surface area contributed by atoms with Crippen molar-refractivity contribution in [1.82, 2.24) is 0 Å². The molecule has 0 aliphatic carbocycles. The van der Waals surface area contributed by atoms with E-state index in [2.05, 4.69) is 0 Å². The van der Waals surface area contributed by atoms with Crippen molar-refractivity contribution in [2.24, 2.45) is 0 Å². The number of hydrogen-bond acceptors (Lipinski definition) is 3. The van der Waals surface area contributed by atoms with Gasteiger partial charge in [-0.25, -0.2) is 0 Å². The molecule has 0 aromatic carbocycles. The van der Waals surface area contributed by atoms with E-state index in [0.29, 0.717) is 0 Å². The molecule has 0 bridgehead atoms. The van der Waals surface area contributed by atoms with Crippen LogP contribution in [0.5, 0.6) is 0 Å². The first-order chi connectivity index (χ1) is 3.29. The molecule has 1 fully saturated rings. The minimum absolute atomic E-state index is 1.20. The monoisotopic (exact) mass is 284 g/mol. The molecule has 3 nitrogen and oxygen atoms in total. The summed E-state index contributed by atoms with van der Waals surface area (Å²) < 4.78 is 14.6. The molecule has 0 aromatic heterocycles. The third-order valence-corrected chi connectivity index (χ3v) is 6.05.